The molecule has 0 aliphatic rings. The molecule has 0 aliphatic carbocycles. The number of carbonyl (C=O) groups excluding carboxylic acids is 2. The zero-order chi connectivity index (χ0) is 18.8. The summed E-state index contributed by atoms with van der Waals surface area (Å²) in [4.78, 5) is 28.9. The third kappa shape index (κ3) is 3.25. The van der Waals surface area contributed by atoms with Gasteiger partial charge in [-0.25, -0.2) is 4.79 Å². The molecule has 0 saturated heterocycles. The smallest absolute Gasteiger partial charge is 0.340 e. The molecule has 4 aromatic rings. The van der Waals surface area contributed by atoms with Crippen molar-refractivity contribution < 1.29 is 14.3 Å². The monoisotopic (exact) mass is 359 g/mol. The number of hydrogen-bond acceptors (Lipinski definition) is 4. The minimum Gasteiger partial charge on any atom is -0.465 e. The number of benzene rings is 2. The Bertz CT molecular complexity index is 1160. The minimum atomic E-state index is -0.427. The van der Waals surface area contributed by atoms with Gasteiger partial charge in [0.2, 0.25) is 5.91 Å². The maximum absolute atomic E-state index is 12.5. The van der Waals surface area contributed by atoms with Gasteiger partial charge in [0, 0.05) is 22.5 Å². The fourth-order valence-corrected chi connectivity index (χ4v) is 3.14. The Morgan fingerprint density at radius 3 is 2.74 bits per heavy atom. The van der Waals surface area contributed by atoms with Crippen LogP contribution < -0.4 is 5.32 Å². The molecule has 0 fully saturated rings. The molecule has 1 N–H and O–H groups in total. The molecule has 27 heavy (non-hydrogen) atoms. The van der Waals surface area contributed by atoms with Crippen molar-refractivity contribution in [3.05, 3.63) is 72.6 Å². The van der Waals surface area contributed by atoms with E-state index >= 15 is 0 Å². The summed E-state index contributed by atoms with van der Waals surface area (Å²) in [6.45, 7) is 0.0737. The lowest BCUT2D eigenvalue weighted by Gasteiger charge is -2.08. The van der Waals surface area contributed by atoms with Gasteiger partial charge in [-0.05, 0) is 18.2 Å². The summed E-state index contributed by atoms with van der Waals surface area (Å²) in [5.74, 6) is -0.631. The van der Waals surface area contributed by atoms with Gasteiger partial charge in [-0.2, -0.15) is 0 Å². The van der Waals surface area contributed by atoms with E-state index in [0.717, 1.165) is 21.8 Å². The number of pyridine rings is 1. The Balaban J connectivity index is 1.59. The van der Waals surface area contributed by atoms with Gasteiger partial charge >= 0.3 is 5.97 Å². The maximum Gasteiger partial charge on any atom is 0.340 e. The summed E-state index contributed by atoms with van der Waals surface area (Å²) in [5.41, 5.74) is 2.73. The van der Waals surface area contributed by atoms with Crippen LogP contribution in [0.5, 0.6) is 0 Å². The van der Waals surface area contributed by atoms with Gasteiger partial charge in [0.25, 0.3) is 0 Å². The van der Waals surface area contributed by atoms with E-state index in [-0.39, 0.29) is 12.5 Å². The van der Waals surface area contributed by atoms with Crippen LogP contribution in [0.1, 0.15) is 10.4 Å². The Kier molecular flexibility index (Phi) is 4.30. The van der Waals surface area contributed by atoms with E-state index in [1.807, 2.05) is 54.6 Å². The highest BCUT2D eigenvalue weighted by Crippen LogP contribution is 2.22. The van der Waals surface area contributed by atoms with Crippen molar-refractivity contribution in [3.8, 4) is 0 Å². The second-order valence-corrected chi connectivity index (χ2v) is 6.14. The number of rotatable bonds is 4. The molecule has 134 valence electrons. The zero-order valence-electron chi connectivity index (χ0n) is 14.7. The van der Waals surface area contributed by atoms with Crippen molar-refractivity contribution in [1.29, 1.82) is 0 Å². The summed E-state index contributed by atoms with van der Waals surface area (Å²) >= 11 is 0. The molecule has 2 aromatic heterocycles. The number of esters is 1. The summed E-state index contributed by atoms with van der Waals surface area (Å²) < 4.78 is 6.58. The number of anilines is 1. The summed E-state index contributed by atoms with van der Waals surface area (Å²) in [6, 6.07) is 17.0. The lowest BCUT2D eigenvalue weighted by Crippen LogP contribution is -2.18. The molecule has 0 unspecified atom stereocenters. The summed E-state index contributed by atoms with van der Waals surface area (Å²) in [6.07, 6.45) is 3.28. The lowest BCUT2D eigenvalue weighted by molar-refractivity contribution is -0.116. The predicted molar refractivity (Wildman–Crippen MR) is 104 cm³/mol. The van der Waals surface area contributed by atoms with E-state index in [0.29, 0.717) is 11.3 Å². The van der Waals surface area contributed by atoms with Crippen LogP contribution in [0.15, 0.2) is 67.0 Å². The van der Waals surface area contributed by atoms with Crippen LogP contribution in [-0.2, 0) is 16.1 Å². The highest BCUT2D eigenvalue weighted by atomic mass is 16.5. The van der Waals surface area contributed by atoms with E-state index in [9.17, 15) is 9.59 Å². The van der Waals surface area contributed by atoms with Gasteiger partial charge in [0.05, 0.1) is 30.1 Å². The number of amides is 1. The van der Waals surface area contributed by atoms with Gasteiger partial charge in [0.15, 0.2) is 0 Å². The molecule has 2 heterocycles. The fourth-order valence-electron chi connectivity index (χ4n) is 3.14. The van der Waals surface area contributed by atoms with Crippen LogP contribution >= 0.6 is 0 Å². The van der Waals surface area contributed by atoms with Crippen LogP contribution in [0.2, 0.25) is 0 Å². The van der Waals surface area contributed by atoms with E-state index in [4.69, 9.17) is 4.74 Å². The molecular formula is C21H17N3O3. The molecule has 4 rings (SSSR count). The van der Waals surface area contributed by atoms with Crippen molar-refractivity contribution >= 4 is 39.4 Å². The quantitative estimate of drug-likeness (QED) is 0.565. The normalized spacial score (nSPS) is 10.9. The first kappa shape index (κ1) is 16.8. The number of aromatic nitrogens is 2. The van der Waals surface area contributed by atoms with Crippen molar-refractivity contribution in [2.75, 3.05) is 12.4 Å². The highest BCUT2D eigenvalue weighted by Gasteiger charge is 2.16. The molecule has 2 aromatic carbocycles. The van der Waals surface area contributed by atoms with Crippen LogP contribution in [0, 0.1) is 0 Å². The number of hydrogen-bond donors (Lipinski definition) is 1. The molecule has 6 nitrogen and oxygen atoms in total. The van der Waals surface area contributed by atoms with Crippen LogP contribution in [0.25, 0.3) is 21.8 Å². The van der Waals surface area contributed by atoms with E-state index < -0.39 is 5.97 Å². The number of nitrogens with one attached hydrogen (secondary N) is 1. The van der Waals surface area contributed by atoms with E-state index in [1.54, 1.807) is 17.0 Å². The number of carbonyl (C=O) groups is 2. The number of ether oxygens (including phenoxy) is 1. The van der Waals surface area contributed by atoms with Crippen molar-refractivity contribution in [2.45, 2.75) is 6.54 Å². The zero-order valence-corrected chi connectivity index (χ0v) is 14.7. The Labute approximate surface area is 155 Å². The number of fused-ring (bicyclic) bond motifs is 2. The first-order chi connectivity index (χ1) is 13.2. The molecule has 0 atom stereocenters. The van der Waals surface area contributed by atoms with Crippen molar-refractivity contribution in [2.24, 2.45) is 0 Å². The standard InChI is InChI=1S/C21H17N3O3/c1-27-21(26)17-12-24(19-9-5-3-7-16(17)19)13-20(25)23-15-10-14-6-2-4-8-18(14)22-11-15/h2-12H,13H2,1H3,(H,23,25). The largest absolute Gasteiger partial charge is 0.465 e. The van der Waals surface area contributed by atoms with E-state index in [2.05, 4.69) is 10.3 Å². The van der Waals surface area contributed by atoms with Crippen LogP contribution in [0.3, 0.4) is 0 Å². The predicted octanol–water partition coefficient (Wildman–Crippen LogP) is 3.61. The average molecular weight is 359 g/mol. The SMILES string of the molecule is COC(=O)c1cn(CC(=O)Nc2cnc3ccccc3c2)c2ccccc12. The van der Waals surface area contributed by atoms with E-state index in [1.165, 1.54) is 7.11 Å². The first-order valence-corrected chi connectivity index (χ1v) is 8.46. The molecule has 0 saturated carbocycles. The number of para-hydroxylation sites is 2. The molecule has 1 amide bonds. The molecular weight excluding hydrogens is 342 g/mol. The Hall–Kier alpha value is -3.67. The minimum absolute atomic E-state index is 0.0737. The average Bonchev–Trinajstić information content (AvgIpc) is 3.06. The number of methoxy groups -OCH3 is 1. The fraction of sp³-hybridized carbons (Fsp3) is 0.0952. The second-order valence-electron chi connectivity index (χ2n) is 6.14. The third-order valence-electron chi connectivity index (χ3n) is 4.38. The molecule has 0 aliphatic heterocycles. The van der Waals surface area contributed by atoms with Crippen LogP contribution in [-0.4, -0.2) is 28.5 Å². The first-order valence-electron chi connectivity index (χ1n) is 8.46. The van der Waals surface area contributed by atoms with Gasteiger partial charge in [-0.3, -0.25) is 9.78 Å². The van der Waals surface area contributed by atoms with Crippen LogP contribution in [0.4, 0.5) is 5.69 Å². The second kappa shape index (κ2) is 6.92. The maximum atomic E-state index is 12.5. The summed E-state index contributed by atoms with van der Waals surface area (Å²) in [7, 11) is 1.34. The van der Waals surface area contributed by atoms with Gasteiger partial charge in [-0.1, -0.05) is 36.4 Å². The highest BCUT2D eigenvalue weighted by molar-refractivity contribution is 6.05. The molecule has 0 bridgehead atoms. The molecule has 0 spiro atoms. The third-order valence-corrected chi connectivity index (χ3v) is 4.38. The van der Waals surface area contributed by atoms with Gasteiger partial charge in [-0.15, -0.1) is 0 Å². The molecule has 6 heteroatoms. The Morgan fingerprint density at radius 2 is 1.89 bits per heavy atom. The van der Waals surface area contributed by atoms with Crippen molar-refractivity contribution in [3.63, 3.8) is 0 Å². The summed E-state index contributed by atoms with van der Waals surface area (Å²) in [5, 5.41) is 4.57. The number of nitrogens with zero attached hydrogens (tertiary/aromatic N) is 2. The Morgan fingerprint density at radius 1 is 1.11 bits per heavy atom. The van der Waals surface area contributed by atoms with Gasteiger partial charge in [0.1, 0.15) is 6.54 Å². The molecule has 0 radical (unpaired) electrons. The van der Waals surface area contributed by atoms with Gasteiger partial charge < -0.3 is 14.6 Å². The lowest BCUT2D eigenvalue weighted by atomic mass is 10.2. The van der Waals surface area contributed by atoms with Crippen molar-refractivity contribution in [1.82, 2.24) is 9.55 Å². The topological polar surface area (TPSA) is 73.2 Å².